The minimum atomic E-state index is -0.235. The van der Waals surface area contributed by atoms with Gasteiger partial charge in [0.2, 0.25) is 5.91 Å². The third-order valence-corrected chi connectivity index (χ3v) is 4.16. The molecule has 2 N–H and O–H groups in total. The van der Waals surface area contributed by atoms with Gasteiger partial charge in [0.15, 0.2) is 0 Å². The Kier molecular flexibility index (Phi) is 6.36. The highest BCUT2D eigenvalue weighted by molar-refractivity contribution is 6.04. The van der Waals surface area contributed by atoms with Crippen LogP contribution in [0.3, 0.4) is 0 Å². The molecule has 6 nitrogen and oxygen atoms in total. The molecule has 3 rings (SSSR count). The van der Waals surface area contributed by atoms with Crippen molar-refractivity contribution >= 4 is 23.2 Å². The monoisotopic (exact) mass is 375 g/mol. The second-order valence-corrected chi connectivity index (χ2v) is 6.13. The van der Waals surface area contributed by atoms with E-state index in [1.54, 1.807) is 49.7 Å². The van der Waals surface area contributed by atoms with E-state index in [1.807, 2.05) is 24.3 Å². The maximum absolute atomic E-state index is 12.2. The number of hydrogen-bond acceptors (Lipinski definition) is 4. The third kappa shape index (κ3) is 5.17. The van der Waals surface area contributed by atoms with Crippen molar-refractivity contribution in [1.82, 2.24) is 4.98 Å². The van der Waals surface area contributed by atoms with Crippen LogP contribution in [0, 0.1) is 0 Å². The molecule has 2 amide bonds. The van der Waals surface area contributed by atoms with Gasteiger partial charge in [0.1, 0.15) is 5.75 Å². The second-order valence-electron chi connectivity index (χ2n) is 6.13. The van der Waals surface area contributed by atoms with E-state index in [4.69, 9.17) is 4.74 Å². The van der Waals surface area contributed by atoms with Crippen LogP contribution in [0.1, 0.15) is 22.3 Å². The SMILES string of the molecule is COc1ccccc1CCC(=O)Nc1ccc(NC(=O)c2cccnc2)cc1. The van der Waals surface area contributed by atoms with Gasteiger partial charge in [-0.1, -0.05) is 18.2 Å². The fourth-order valence-electron chi connectivity index (χ4n) is 2.72. The summed E-state index contributed by atoms with van der Waals surface area (Å²) < 4.78 is 5.30. The van der Waals surface area contributed by atoms with E-state index < -0.39 is 0 Å². The molecule has 3 aromatic rings. The molecule has 28 heavy (non-hydrogen) atoms. The molecule has 0 aliphatic rings. The van der Waals surface area contributed by atoms with Crippen molar-refractivity contribution < 1.29 is 14.3 Å². The second kappa shape index (κ2) is 9.32. The molecule has 0 fully saturated rings. The first-order valence-corrected chi connectivity index (χ1v) is 8.89. The standard InChI is InChI=1S/C22H21N3O3/c1-28-20-7-3-2-5-16(20)8-13-21(26)24-18-9-11-19(12-10-18)25-22(27)17-6-4-14-23-15-17/h2-7,9-12,14-15H,8,13H2,1H3,(H,24,26)(H,25,27). The summed E-state index contributed by atoms with van der Waals surface area (Å²) in [5, 5.41) is 5.65. The minimum absolute atomic E-state index is 0.0851. The largest absolute Gasteiger partial charge is 0.496 e. The van der Waals surface area contributed by atoms with Crippen LogP contribution in [0.15, 0.2) is 73.1 Å². The molecule has 0 saturated carbocycles. The van der Waals surface area contributed by atoms with Gasteiger partial charge in [-0.3, -0.25) is 14.6 Å². The molecular weight excluding hydrogens is 354 g/mol. The Balaban J connectivity index is 1.52. The number of aromatic nitrogens is 1. The topological polar surface area (TPSA) is 80.3 Å². The zero-order chi connectivity index (χ0) is 19.8. The zero-order valence-electron chi connectivity index (χ0n) is 15.5. The van der Waals surface area contributed by atoms with Crippen molar-refractivity contribution in [3.63, 3.8) is 0 Å². The summed E-state index contributed by atoms with van der Waals surface area (Å²) >= 11 is 0. The summed E-state index contributed by atoms with van der Waals surface area (Å²) in [7, 11) is 1.62. The van der Waals surface area contributed by atoms with Crippen molar-refractivity contribution in [3.8, 4) is 5.75 Å². The first-order chi connectivity index (χ1) is 13.7. The molecular formula is C22H21N3O3. The van der Waals surface area contributed by atoms with Crippen molar-refractivity contribution in [3.05, 3.63) is 84.2 Å². The van der Waals surface area contributed by atoms with E-state index in [0.717, 1.165) is 11.3 Å². The van der Waals surface area contributed by atoms with E-state index in [-0.39, 0.29) is 11.8 Å². The van der Waals surface area contributed by atoms with E-state index >= 15 is 0 Å². The molecule has 1 heterocycles. The van der Waals surface area contributed by atoms with Crippen molar-refractivity contribution in [2.75, 3.05) is 17.7 Å². The lowest BCUT2D eigenvalue weighted by Gasteiger charge is -2.09. The van der Waals surface area contributed by atoms with Crippen molar-refractivity contribution in [2.24, 2.45) is 0 Å². The number of para-hydroxylation sites is 1. The van der Waals surface area contributed by atoms with Gasteiger partial charge in [-0.2, -0.15) is 0 Å². The van der Waals surface area contributed by atoms with Gasteiger partial charge in [-0.25, -0.2) is 0 Å². The normalized spacial score (nSPS) is 10.2. The Labute approximate surface area is 163 Å². The van der Waals surface area contributed by atoms with Crippen LogP contribution < -0.4 is 15.4 Å². The molecule has 0 aliphatic heterocycles. The highest BCUT2D eigenvalue weighted by atomic mass is 16.5. The number of anilines is 2. The number of carbonyl (C=O) groups is 2. The first-order valence-electron chi connectivity index (χ1n) is 8.89. The number of amides is 2. The fourth-order valence-corrected chi connectivity index (χ4v) is 2.72. The number of carbonyl (C=O) groups excluding carboxylic acids is 2. The lowest BCUT2D eigenvalue weighted by Crippen LogP contribution is -2.13. The number of hydrogen-bond donors (Lipinski definition) is 2. The van der Waals surface area contributed by atoms with Crippen LogP contribution in [0.4, 0.5) is 11.4 Å². The molecule has 6 heteroatoms. The minimum Gasteiger partial charge on any atom is -0.496 e. The van der Waals surface area contributed by atoms with Crippen molar-refractivity contribution in [1.29, 1.82) is 0 Å². The number of nitrogens with one attached hydrogen (secondary N) is 2. The maximum Gasteiger partial charge on any atom is 0.257 e. The average molecular weight is 375 g/mol. The Bertz CT molecular complexity index is 941. The number of pyridine rings is 1. The zero-order valence-corrected chi connectivity index (χ0v) is 15.5. The number of aryl methyl sites for hydroxylation is 1. The summed E-state index contributed by atoms with van der Waals surface area (Å²) in [6, 6.07) is 18.0. The van der Waals surface area contributed by atoms with Gasteiger partial charge < -0.3 is 15.4 Å². The molecule has 0 bridgehead atoms. The molecule has 0 atom stereocenters. The smallest absolute Gasteiger partial charge is 0.257 e. The van der Waals surface area contributed by atoms with Crippen LogP contribution in [-0.2, 0) is 11.2 Å². The molecule has 0 saturated heterocycles. The predicted molar refractivity (Wildman–Crippen MR) is 109 cm³/mol. The molecule has 0 unspecified atom stereocenters. The number of nitrogens with zero attached hydrogens (tertiary/aromatic N) is 1. The predicted octanol–water partition coefficient (Wildman–Crippen LogP) is 3.91. The summed E-state index contributed by atoms with van der Waals surface area (Å²) in [4.78, 5) is 28.3. The van der Waals surface area contributed by atoms with Gasteiger partial charge in [-0.05, 0) is 54.4 Å². The van der Waals surface area contributed by atoms with E-state index in [2.05, 4.69) is 15.6 Å². The Morgan fingerprint density at radius 2 is 1.64 bits per heavy atom. The highest BCUT2D eigenvalue weighted by Gasteiger charge is 2.08. The molecule has 142 valence electrons. The summed E-state index contributed by atoms with van der Waals surface area (Å²) in [6.07, 6.45) is 4.06. The van der Waals surface area contributed by atoms with E-state index in [0.29, 0.717) is 29.8 Å². The van der Waals surface area contributed by atoms with Gasteiger partial charge >= 0.3 is 0 Å². The van der Waals surface area contributed by atoms with Crippen LogP contribution >= 0.6 is 0 Å². The van der Waals surface area contributed by atoms with Gasteiger partial charge in [-0.15, -0.1) is 0 Å². The lowest BCUT2D eigenvalue weighted by atomic mass is 10.1. The maximum atomic E-state index is 12.2. The third-order valence-electron chi connectivity index (χ3n) is 4.16. The van der Waals surface area contributed by atoms with Crippen LogP contribution in [0.25, 0.3) is 0 Å². The molecule has 0 radical (unpaired) electrons. The van der Waals surface area contributed by atoms with Crippen LogP contribution in [0.5, 0.6) is 5.75 Å². The molecule has 0 aliphatic carbocycles. The number of rotatable bonds is 7. The molecule has 2 aromatic carbocycles. The Hall–Kier alpha value is -3.67. The van der Waals surface area contributed by atoms with E-state index in [9.17, 15) is 9.59 Å². The quantitative estimate of drug-likeness (QED) is 0.656. The molecule has 0 spiro atoms. The van der Waals surface area contributed by atoms with E-state index in [1.165, 1.54) is 6.20 Å². The average Bonchev–Trinajstić information content (AvgIpc) is 2.74. The fraction of sp³-hybridized carbons (Fsp3) is 0.136. The summed E-state index contributed by atoms with van der Waals surface area (Å²) in [6.45, 7) is 0. The van der Waals surface area contributed by atoms with Gasteiger partial charge in [0, 0.05) is 30.2 Å². The van der Waals surface area contributed by atoms with Gasteiger partial charge in [0.05, 0.1) is 12.7 Å². The van der Waals surface area contributed by atoms with Gasteiger partial charge in [0.25, 0.3) is 5.91 Å². The van der Waals surface area contributed by atoms with Crippen LogP contribution in [0.2, 0.25) is 0 Å². The summed E-state index contributed by atoms with van der Waals surface area (Å²) in [5.74, 6) is 0.462. The number of ether oxygens (including phenoxy) is 1. The Morgan fingerprint density at radius 1 is 0.929 bits per heavy atom. The highest BCUT2D eigenvalue weighted by Crippen LogP contribution is 2.19. The number of methoxy groups -OCH3 is 1. The van der Waals surface area contributed by atoms with Crippen LogP contribution in [-0.4, -0.2) is 23.9 Å². The first kappa shape index (κ1) is 19.1. The molecule has 1 aromatic heterocycles. The summed E-state index contributed by atoms with van der Waals surface area (Å²) in [5.41, 5.74) is 2.79. The number of benzene rings is 2. The lowest BCUT2D eigenvalue weighted by molar-refractivity contribution is -0.116. The Morgan fingerprint density at radius 3 is 2.32 bits per heavy atom. The van der Waals surface area contributed by atoms with Crippen molar-refractivity contribution in [2.45, 2.75) is 12.8 Å².